The quantitative estimate of drug-likeness (QED) is 0.313. The van der Waals surface area contributed by atoms with Crippen molar-refractivity contribution in [3.63, 3.8) is 0 Å². The Labute approximate surface area is 188 Å². The summed E-state index contributed by atoms with van der Waals surface area (Å²) >= 11 is 6.52. The molecule has 0 saturated carbocycles. The molecule has 31 heavy (non-hydrogen) atoms. The first-order chi connectivity index (χ1) is 15.3. The minimum atomic E-state index is 0.755. The van der Waals surface area contributed by atoms with Crippen molar-refractivity contribution in [1.82, 2.24) is 0 Å². The maximum absolute atomic E-state index is 6.52. The van der Waals surface area contributed by atoms with Gasteiger partial charge in [0.1, 0.15) is 0 Å². The second kappa shape index (κ2) is 8.63. The lowest BCUT2D eigenvalue weighted by Gasteiger charge is -2.14. The monoisotopic (exact) mass is 416 g/mol. The fourth-order valence-corrected chi connectivity index (χ4v) is 4.31. The van der Waals surface area contributed by atoms with Crippen molar-refractivity contribution in [2.24, 2.45) is 0 Å². The summed E-state index contributed by atoms with van der Waals surface area (Å²) < 4.78 is 0. The van der Waals surface area contributed by atoms with Crippen LogP contribution in [0.3, 0.4) is 0 Å². The van der Waals surface area contributed by atoms with Gasteiger partial charge in [0.05, 0.1) is 0 Å². The Hall–Kier alpha value is -3.61. The average Bonchev–Trinajstić information content (AvgIpc) is 3.21. The first-order valence-corrected chi connectivity index (χ1v) is 10.8. The SMILES string of the molecule is Clc1ccccc1C=C1C=C(c2ccccc2)C(c2ccccc2)=C1c1ccccc1. The van der Waals surface area contributed by atoms with Crippen molar-refractivity contribution in [2.45, 2.75) is 0 Å². The van der Waals surface area contributed by atoms with Gasteiger partial charge in [-0.1, -0.05) is 121 Å². The van der Waals surface area contributed by atoms with Gasteiger partial charge in [-0.15, -0.1) is 0 Å². The fraction of sp³-hybridized carbons (Fsp3) is 0. The molecule has 0 spiro atoms. The zero-order valence-electron chi connectivity index (χ0n) is 17.0. The van der Waals surface area contributed by atoms with Crippen LogP contribution in [0.25, 0.3) is 22.8 Å². The van der Waals surface area contributed by atoms with Gasteiger partial charge in [-0.05, 0) is 62.8 Å². The summed E-state index contributed by atoms with van der Waals surface area (Å²) in [5.74, 6) is 0. The van der Waals surface area contributed by atoms with E-state index in [4.69, 9.17) is 11.6 Å². The van der Waals surface area contributed by atoms with Crippen LogP contribution < -0.4 is 0 Å². The van der Waals surface area contributed by atoms with Crippen LogP contribution >= 0.6 is 11.6 Å². The van der Waals surface area contributed by atoms with Crippen LogP contribution in [0.1, 0.15) is 22.3 Å². The minimum Gasteiger partial charge on any atom is -0.0837 e. The predicted molar refractivity (Wildman–Crippen MR) is 134 cm³/mol. The molecule has 1 heteroatoms. The van der Waals surface area contributed by atoms with E-state index in [1.165, 1.54) is 33.4 Å². The van der Waals surface area contributed by atoms with Gasteiger partial charge in [-0.25, -0.2) is 0 Å². The van der Waals surface area contributed by atoms with Gasteiger partial charge in [-0.3, -0.25) is 0 Å². The highest BCUT2D eigenvalue weighted by Crippen LogP contribution is 2.47. The summed E-state index contributed by atoms with van der Waals surface area (Å²) in [5, 5.41) is 0.755. The van der Waals surface area contributed by atoms with E-state index >= 15 is 0 Å². The molecule has 4 aromatic rings. The van der Waals surface area contributed by atoms with Crippen molar-refractivity contribution < 1.29 is 0 Å². The summed E-state index contributed by atoms with van der Waals surface area (Å²) in [6.45, 7) is 0. The Morgan fingerprint density at radius 1 is 0.484 bits per heavy atom. The van der Waals surface area contributed by atoms with E-state index in [0.29, 0.717) is 0 Å². The van der Waals surface area contributed by atoms with Crippen molar-refractivity contribution >= 4 is 34.4 Å². The summed E-state index contributed by atoms with van der Waals surface area (Å²) in [5.41, 5.74) is 9.49. The molecule has 0 bridgehead atoms. The molecule has 0 heterocycles. The van der Waals surface area contributed by atoms with Gasteiger partial charge < -0.3 is 0 Å². The molecule has 0 radical (unpaired) electrons. The molecule has 4 aromatic carbocycles. The Balaban J connectivity index is 1.82. The zero-order valence-corrected chi connectivity index (χ0v) is 17.8. The second-order valence-corrected chi connectivity index (χ2v) is 7.93. The summed E-state index contributed by atoms with van der Waals surface area (Å²) in [6, 6.07) is 39.8. The highest BCUT2D eigenvalue weighted by Gasteiger charge is 2.25. The Morgan fingerprint density at radius 2 is 0.968 bits per heavy atom. The van der Waals surface area contributed by atoms with Gasteiger partial charge in [0.15, 0.2) is 0 Å². The first kappa shape index (κ1) is 19.4. The molecule has 1 aliphatic rings. The van der Waals surface area contributed by atoms with Gasteiger partial charge >= 0.3 is 0 Å². The highest BCUT2D eigenvalue weighted by atomic mass is 35.5. The Bertz CT molecular complexity index is 1290. The molecule has 0 aliphatic heterocycles. The van der Waals surface area contributed by atoms with Crippen LogP contribution in [0, 0.1) is 0 Å². The molecule has 1 aliphatic carbocycles. The topological polar surface area (TPSA) is 0 Å². The highest BCUT2D eigenvalue weighted by molar-refractivity contribution is 6.32. The summed E-state index contributed by atoms with van der Waals surface area (Å²) in [4.78, 5) is 0. The van der Waals surface area contributed by atoms with Gasteiger partial charge in [-0.2, -0.15) is 0 Å². The molecule has 148 valence electrons. The van der Waals surface area contributed by atoms with E-state index in [-0.39, 0.29) is 0 Å². The van der Waals surface area contributed by atoms with Crippen molar-refractivity contribution in [3.8, 4) is 0 Å². The number of rotatable bonds is 4. The summed E-state index contributed by atoms with van der Waals surface area (Å²) in [7, 11) is 0. The van der Waals surface area contributed by atoms with Crippen LogP contribution in [-0.2, 0) is 0 Å². The average molecular weight is 417 g/mol. The standard InChI is InChI=1S/C30H21Cl/c31-28-19-11-10-18-25(28)20-26-21-27(22-12-4-1-5-13-22)30(24-16-8-3-9-17-24)29(26)23-14-6-2-7-15-23/h1-21H. The number of benzene rings is 4. The number of allylic oxidation sites excluding steroid dienone is 5. The zero-order chi connectivity index (χ0) is 21.0. The second-order valence-electron chi connectivity index (χ2n) is 7.53. The summed E-state index contributed by atoms with van der Waals surface area (Å²) in [6.07, 6.45) is 4.49. The number of hydrogen-bond acceptors (Lipinski definition) is 0. The van der Waals surface area contributed by atoms with E-state index in [2.05, 4.69) is 109 Å². The lowest BCUT2D eigenvalue weighted by Crippen LogP contribution is -1.92. The van der Waals surface area contributed by atoms with Crippen LogP contribution in [0.2, 0.25) is 5.02 Å². The Morgan fingerprint density at radius 3 is 1.55 bits per heavy atom. The lowest BCUT2D eigenvalue weighted by molar-refractivity contribution is 1.58. The molecule has 0 atom stereocenters. The first-order valence-electron chi connectivity index (χ1n) is 10.4. The van der Waals surface area contributed by atoms with E-state index in [0.717, 1.165) is 16.2 Å². The van der Waals surface area contributed by atoms with Crippen LogP contribution in [0.5, 0.6) is 0 Å². The molecule has 0 aromatic heterocycles. The van der Waals surface area contributed by atoms with Crippen molar-refractivity contribution in [2.75, 3.05) is 0 Å². The third-order valence-electron chi connectivity index (χ3n) is 5.53. The molecule has 0 N–H and O–H groups in total. The molecule has 0 saturated heterocycles. The van der Waals surface area contributed by atoms with E-state index < -0.39 is 0 Å². The molecule has 0 amide bonds. The molecule has 5 rings (SSSR count). The Kier molecular flexibility index (Phi) is 5.39. The van der Waals surface area contributed by atoms with Gasteiger partial charge in [0.2, 0.25) is 0 Å². The third kappa shape index (κ3) is 3.91. The molecule has 0 unspecified atom stereocenters. The fourth-order valence-electron chi connectivity index (χ4n) is 4.12. The minimum absolute atomic E-state index is 0.755. The van der Waals surface area contributed by atoms with E-state index in [9.17, 15) is 0 Å². The van der Waals surface area contributed by atoms with E-state index in [1.807, 2.05) is 18.2 Å². The predicted octanol–water partition coefficient (Wildman–Crippen LogP) is 8.43. The van der Waals surface area contributed by atoms with Gasteiger partial charge in [0.25, 0.3) is 0 Å². The molecular weight excluding hydrogens is 396 g/mol. The third-order valence-corrected chi connectivity index (χ3v) is 5.88. The normalized spacial score (nSPS) is 14.7. The molecule has 0 fully saturated rings. The van der Waals surface area contributed by atoms with Crippen molar-refractivity contribution in [3.05, 3.63) is 154 Å². The number of hydrogen-bond donors (Lipinski definition) is 0. The largest absolute Gasteiger partial charge is 0.0837 e. The maximum atomic E-state index is 6.52. The van der Waals surface area contributed by atoms with Gasteiger partial charge in [0, 0.05) is 5.02 Å². The van der Waals surface area contributed by atoms with Crippen LogP contribution in [-0.4, -0.2) is 0 Å². The smallest absolute Gasteiger partial charge is 0.0478 e. The molecular formula is C30H21Cl. The lowest BCUT2D eigenvalue weighted by atomic mass is 9.89. The van der Waals surface area contributed by atoms with Crippen LogP contribution in [0.15, 0.2) is 127 Å². The van der Waals surface area contributed by atoms with Crippen molar-refractivity contribution in [1.29, 1.82) is 0 Å². The maximum Gasteiger partial charge on any atom is 0.0478 e. The number of halogens is 1. The van der Waals surface area contributed by atoms with E-state index in [1.54, 1.807) is 0 Å². The molecule has 0 nitrogen and oxygen atoms in total. The van der Waals surface area contributed by atoms with Crippen LogP contribution in [0.4, 0.5) is 0 Å².